The molecule has 36 heavy (non-hydrogen) atoms. The van der Waals surface area contributed by atoms with Crippen molar-refractivity contribution in [3.63, 3.8) is 0 Å². The van der Waals surface area contributed by atoms with Crippen LogP contribution in [0.25, 0.3) is 0 Å². The van der Waals surface area contributed by atoms with Crippen LogP contribution in [0.4, 0.5) is 9.59 Å². The number of hydrogen-bond donors (Lipinski definition) is 6. The monoisotopic (exact) mass is 498 g/mol. The number of nitrogens with one attached hydrogen (secondary N) is 4. The normalized spacial score (nSPS) is 15.1. The Labute approximate surface area is 210 Å². The first-order chi connectivity index (χ1) is 17.1. The fourth-order valence-corrected chi connectivity index (χ4v) is 4.22. The molecule has 0 heterocycles. The summed E-state index contributed by atoms with van der Waals surface area (Å²) in [7, 11) is 0. The van der Waals surface area contributed by atoms with Crippen molar-refractivity contribution >= 4 is 24.4 Å². The van der Waals surface area contributed by atoms with Crippen LogP contribution in [0.3, 0.4) is 0 Å². The van der Waals surface area contributed by atoms with Gasteiger partial charge in [0.05, 0.1) is 12.1 Å². The van der Waals surface area contributed by atoms with Gasteiger partial charge in [0.1, 0.15) is 11.9 Å². The lowest BCUT2D eigenvalue weighted by Gasteiger charge is -2.44. The Morgan fingerprint density at radius 3 is 2.03 bits per heavy atom. The lowest BCUT2D eigenvalue weighted by atomic mass is 9.79. The third-order valence-electron chi connectivity index (χ3n) is 5.94. The molecule has 10 heteroatoms. The number of carbonyl (C=O) groups excluding carboxylic acids is 2. The van der Waals surface area contributed by atoms with E-state index < -0.39 is 35.7 Å². The summed E-state index contributed by atoms with van der Waals surface area (Å²) in [5.41, 5.74) is 0.418. The number of benzene rings is 2. The molecule has 0 bridgehead atoms. The Balaban J connectivity index is 2.54. The highest BCUT2D eigenvalue weighted by Crippen LogP contribution is 2.28. The molecule has 6 N–H and O–H groups in total. The summed E-state index contributed by atoms with van der Waals surface area (Å²) in [5.74, 6) is -1.21. The van der Waals surface area contributed by atoms with Gasteiger partial charge in [-0.25, -0.2) is 9.59 Å². The largest absolute Gasteiger partial charge is 0.465 e. The minimum absolute atomic E-state index is 0.186. The van der Waals surface area contributed by atoms with Gasteiger partial charge >= 0.3 is 12.2 Å². The maximum absolute atomic E-state index is 12.5. The Bertz CT molecular complexity index is 1000. The summed E-state index contributed by atoms with van der Waals surface area (Å²) >= 11 is 0. The van der Waals surface area contributed by atoms with Gasteiger partial charge in [0.15, 0.2) is 0 Å². The van der Waals surface area contributed by atoms with Crippen LogP contribution in [0.15, 0.2) is 60.7 Å². The topological polar surface area (TPSA) is 157 Å². The highest BCUT2D eigenvalue weighted by atomic mass is 16.4. The smallest absolute Gasteiger partial charge is 0.411 e. The fraction of sp³-hybridized carbons (Fsp3) is 0.385. The second-order valence-electron chi connectivity index (χ2n) is 8.78. The molecule has 3 amide bonds. The van der Waals surface area contributed by atoms with E-state index in [4.69, 9.17) is 5.11 Å². The zero-order valence-electron chi connectivity index (χ0n) is 20.4. The first-order valence-corrected chi connectivity index (χ1v) is 11.7. The fourth-order valence-electron chi connectivity index (χ4n) is 4.22. The number of imide groups is 1. The average molecular weight is 499 g/mol. The molecule has 0 fully saturated rings. The minimum atomic E-state index is -1.50. The molecule has 0 saturated heterocycles. The van der Waals surface area contributed by atoms with Crippen LogP contribution < -0.4 is 21.3 Å². The van der Waals surface area contributed by atoms with E-state index in [1.165, 1.54) is 6.92 Å². The SMILES string of the molecule is CC(C=O)NCCC(Cc1ccccc1)C(Cc1ccccc1)(NC(=O)O)NC(C)C(=O)NC(=O)O. The third kappa shape index (κ3) is 9.12. The molecule has 2 rings (SSSR count). The van der Waals surface area contributed by atoms with E-state index in [1.807, 2.05) is 66.0 Å². The molecule has 0 aliphatic rings. The Morgan fingerprint density at radius 1 is 0.917 bits per heavy atom. The van der Waals surface area contributed by atoms with Gasteiger partial charge in [-0.05, 0) is 44.4 Å². The minimum Gasteiger partial charge on any atom is -0.465 e. The van der Waals surface area contributed by atoms with Crippen molar-refractivity contribution in [1.29, 1.82) is 0 Å². The summed E-state index contributed by atoms with van der Waals surface area (Å²) in [6.07, 6.45) is -0.926. The maximum Gasteiger partial charge on any atom is 0.411 e. The molecule has 10 nitrogen and oxygen atoms in total. The number of carbonyl (C=O) groups is 4. The van der Waals surface area contributed by atoms with Crippen molar-refractivity contribution in [2.24, 2.45) is 5.92 Å². The van der Waals surface area contributed by atoms with Crippen molar-refractivity contribution in [2.45, 2.75) is 50.9 Å². The summed E-state index contributed by atoms with van der Waals surface area (Å²) in [6.45, 7) is 3.61. The van der Waals surface area contributed by atoms with Crippen LogP contribution in [0.1, 0.15) is 31.4 Å². The van der Waals surface area contributed by atoms with Crippen LogP contribution >= 0.6 is 0 Å². The summed E-state index contributed by atoms with van der Waals surface area (Å²) in [5, 5.41) is 29.6. The molecule has 4 unspecified atom stereocenters. The van der Waals surface area contributed by atoms with Gasteiger partial charge in [-0.1, -0.05) is 60.7 Å². The molecule has 2 aromatic carbocycles. The molecule has 0 radical (unpaired) electrons. The lowest BCUT2D eigenvalue weighted by Crippen LogP contribution is -2.69. The van der Waals surface area contributed by atoms with Gasteiger partial charge in [-0.2, -0.15) is 0 Å². The molecule has 0 aliphatic carbocycles. The van der Waals surface area contributed by atoms with Gasteiger partial charge < -0.3 is 25.6 Å². The molecule has 0 spiro atoms. The molecule has 4 atom stereocenters. The van der Waals surface area contributed by atoms with Crippen LogP contribution in [-0.4, -0.2) is 58.9 Å². The molecule has 0 saturated carbocycles. The average Bonchev–Trinajstić information content (AvgIpc) is 2.83. The molecule has 194 valence electrons. The zero-order chi connectivity index (χ0) is 26.6. The number of carboxylic acid groups (broad SMARTS) is 2. The second-order valence-corrected chi connectivity index (χ2v) is 8.78. The van der Waals surface area contributed by atoms with E-state index in [-0.39, 0.29) is 12.5 Å². The van der Waals surface area contributed by atoms with E-state index in [2.05, 4.69) is 16.0 Å². The van der Waals surface area contributed by atoms with Gasteiger partial charge in [0, 0.05) is 12.3 Å². The number of rotatable bonds is 14. The zero-order valence-corrected chi connectivity index (χ0v) is 20.4. The maximum atomic E-state index is 12.5. The Kier molecular flexibility index (Phi) is 11.0. The molecular formula is C26H34N4O6. The van der Waals surface area contributed by atoms with Crippen molar-refractivity contribution in [3.8, 4) is 0 Å². The van der Waals surface area contributed by atoms with Gasteiger partial charge in [0.2, 0.25) is 5.91 Å². The van der Waals surface area contributed by atoms with E-state index in [9.17, 15) is 24.3 Å². The van der Waals surface area contributed by atoms with Crippen LogP contribution in [0.2, 0.25) is 0 Å². The van der Waals surface area contributed by atoms with Gasteiger partial charge in [-0.3, -0.25) is 15.4 Å². The van der Waals surface area contributed by atoms with Crippen molar-refractivity contribution in [1.82, 2.24) is 21.3 Å². The first-order valence-electron chi connectivity index (χ1n) is 11.7. The number of aldehydes is 1. The number of amides is 3. The summed E-state index contributed by atoms with van der Waals surface area (Å²) in [6, 6.07) is 17.3. The van der Waals surface area contributed by atoms with Crippen molar-refractivity contribution in [3.05, 3.63) is 71.8 Å². The Morgan fingerprint density at radius 2 is 1.50 bits per heavy atom. The quantitative estimate of drug-likeness (QED) is 0.171. The van der Waals surface area contributed by atoms with Gasteiger partial charge in [0.25, 0.3) is 0 Å². The van der Waals surface area contributed by atoms with Gasteiger partial charge in [-0.15, -0.1) is 0 Å². The highest BCUT2D eigenvalue weighted by Gasteiger charge is 2.42. The van der Waals surface area contributed by atoms with E-state index in [1.54, 1.807) is 6.92 Å². The standard InChI is InChI=1S/C26H34N4O6/c1-18(17-31)27-14-13-22(15-20-9-5-3-6-10-20)26(30-25(35)36,16-21-11-7-4-8-12-21)29-19(2)23(32)28-24(33)34/h3-12,17-19,22,27,29-30H,13-16H2,1-2H3,(H,28,32)(H,33,34)(H,35,36). The van der Waals surface area contributed by atoms with Crippen LogP contribution in [0, 0.1) is 5.92 Å². The predicted octanol–water partition coefficient (Wildman–Crippen LogP) is 2.39. The van der Waals surface area contributed by atoms with Crippen LogP contribution in [0.5, 0.6) is 0 Å². The first kappa shape index (κ1) is 28.5. The second kappa shape index (κ2) is 14.0. The van der Waals surface area contributed by atoms with E-state index in [0.717, 1.165) is 17.4 Å². The molecule has 0 aliphatic heterocycles. The summed E-state index contributed by atoms with van der Waals surface area (Å²) in [4.78, 5) is 46.8. The van der Waals surface area contributed by atoms with E-state index in [0.29, 0.717) is 19.4 Å². The highest BCUT2D eigenvalue weighted by molar-refractivity contribution is 5.94. The molecule has 2 aromatic rings. The number of hydrogen-bond acceptors (Lipinski definition) is 6. The van der Waals surface area contributed by atoms with E-state index >= 15 is 0 Å². The molecule has 0 aromatic heterocycles. The molecular weight excluding hydrogens is 464 g/mol. The third-order valence-corrected chi connectivity index (χ3v) is 5.94. The summed E-state index contributed by atoms with van der Waals surface area (Å²) < 4.78 is 0. The Hall–Kier alpha value is -3.76. The van der Waals surface area contributed by atoms with Crippen LogP contribution in [-0.2, 0) is 22.4 Å². The lowest BCUT2D eigenvalue weighted by molar-refractivity contribution is -0.123. The predicted molar refractivity (Wildman–Crippen MR) is 135 cm³/mol. The van der Waals surface area contributed by atoms with Crippen molar-refractivity contribution < 1.29 is 29.4 Å². The van der Waals surface area contributed by atoms with Crippen molar-refractivity contribution in [2.75, 3.05) is 6.54 Å².